The zero-order chi connectivity index (χ0) is 42.6. The summed E-state index contributed by atoms with van der Waals surface area (Å²) in [5.74, 6) is 2.83. The van der Waals surface area contributed by atoms with Crippen LogP contribution in [0.3, 0.4) is 0 Å². The molecule has 2 aromatic heterocycles. The first-order valence-corrected chi connectivity index (χ1v) is 22.8. The molecule has 0 saturated heterocycles. The molecule has 0 N–H and O–H groups in total. The predicted molar refractivity (Wildman–Crippen MR) is 258 cm³/mol. The molecule has 0 saturated carbocycles. The minimum Gasteiger partial charge on any atom is -0.293 e. The van der Waals surface area contributed by atoms with E-state index in [1.54, 1.807) is 0 Å². The molecule has 6 aromatic carbocycles. The van der Waals surface area contributed by atoms with Crippen LogP contribution in [0.2, 0.25) is 0 Å². The van der Waals surface area contributed by atoms with Crippen LogP contribution in [-0.2, 0) is 16.2 Å². The van der Waals surface area contributed by atoms with Crippen molar-refractivity contribution in [2.75, 3.05) is 0 Å². The van der Waals surface area contributed by atoms with Crippen LogP contribution in [-0.4, -0.2) is 19.1 Å². The highest BCUT2D eigenvalue weighted by molar-refractivity contribution is 5.88. The Kier molecular flexibility index (Phi) is 7.40. The van der Waals surface area contributed by atoms with Crippen molar-refractivity contribution in [1.29, 1.82) is 0 Å². The number of nitrogens with zero attached hydrogens (tertiary/aromatic N) is 4. The fourth-order valence-electron chi connectivity index (χ4n) is 12.6. The molecular weight excluding hydrogens is 765 g/mol. The standard InChI is InChI=1S/C59H50N4/c1-57(2)45-23-15-13-21-39(45)41-27-25-35(29-47(41)57)55-60-51-31-43-44-32-52-54(34-50(44)59(5,6)49(43)33-53(51)62(55)37-17-9-7-10-18-37)63(38-19-11-8-12-20-38)56(61-52)36-26-28-42-40-22-14-16-24-46(40)58(3,4)48(42)30-36/h7-27,29-34,42-43,49H,28H2,1-6H3. The van der Waals surface area contributed by atoms with Gasteiger partial charge in [0.25, 0.3) is 0 Å². The smallest absolute Gasteiger partial charge is 0.145 e. The van der Waals surface area contributed by atoms with Crippen LogP contribution in [0.25, 0.3) is 62.6 Å². The predicted octanol–water partition coefficient (Wildman–Crippen LogP) is 12.2. The summed E-state index contributed by atoms with van der Waals surface area (Å²) >= 11 is 0. The first-order valence-electron chi connectivity index (χ1n) is 22.8. The van der Waals surface area contributed by atoms with Crippen LogP contribution in [0.15, 0.2) is 157 Å². The molecule has 0 radical (unpaired) electrons. The van der Waals surface area contributed by atoms with Crippen LogP contribution >= 0.6 is 0 Å². The van der Waals surface area contributed by atoms with Gasteiger partial charge in [-0.15, -0.1) is 0 Å². The Hall–Kier alpha value is -6.78. The second-order valence-electron chi connectivity index (χ2n) is 20.2. The number of benzene rings is 6. The molecule has 5 aliphatic carbocycles. The van der Waals surface area contributed by atoms with Crippen molar-refractivity contribution >= 4 is 28.8 Å². The summed E-state index contributed by atoms with van der Waals surface area (Å²) in [5.41, 5.74) is 19.1. The average Bonchev–Trinajstić information content (AvgIpc) is 4.05. The van der Waals surface area contributed by atoms with E-state index in [9.17, 15) is 0 Å². The van der Waals surface area contributed by atoms with Gasteiger partial charge in [0.15, 0.2) is 0 Å². The van der Waals surface area contributed by atoms with E-state index < -0.39 is 0 Å². The topological polar surface area (TPSA) is 35.6 Å². The maximum Gasteiger partial charge on any atom is 0.145 e. The van der Waals surface area contributed by atoms with E-state index >= 15 is 0 Å². The number of hydrogen-bond donors (Lipinski definition) is 0. The first-order chi connectivity index (χ1) is 30.5. The van der Waals surface area contributed by atoms with Gasteiger partial charge in [-0.25, -0.2) is 9.97 Å². The molecule has 2 heterocycles. The number of imidazole rings is 2. The van der Waals surface area contributed by atoms with Gasteiger partial charge in [-0.2, -0.15) is 0 Å². The van der Waals surface area contributed by atoms with E-state index in [4.69, 9.17) is 9.97 Å². The number of allylic oxidation sites excluding steroid dienone is 4. The number of hydrogen-bond acceptors (Lipinski definition) is 2. The van der Waals surface area contributed by atoms with Crippen LogP contribution in [0, 0.1) is 5.92 Å². The third-order valence-electron chi connectivity index (χ3n) is 15.8. The molecule has 8 aromatic rings. The van der Waals surface area contributed by atoms with E-state index in [1.807, 2.05) is 0 Å². The van der Waals surface area contributed by atoms with E-state index in [-0.39, 0.29) is 28.1 Å². The molecule has 0 fully saturated rings. The molecule has 0 aliphatic heterocycles. The van der Waals surface area contributed by atoms with Crippen molar-refractivity contribution in [2.24, 2.45) is 5.92 Å². The largest absolute Gasteiger partial charge is 0.293 e. The summed E-state index contributed by atoms with van der Waals surface area (Å²) in [6.45, 7) is 14.4. The molecule has 5 aliphatic rings. The van der Waals surface area contributed by atoms with Gasteiger partial charge in [-0.1, -0.05) is 162 Å². The Balaban J connectivity index is 0.973. The zero-order valence-corrected chi connectivity index (χ0v) is 36.8. The first kappa shape index (κ1) is 36.8. The molecule has 63 heavy (non-hydrogen) atoms. The lowest BCUT2D eigenvalue weighted by atomic mass is 9.74. The minimum atomic E-state index is -0.150. The van der Waals surface area contributed by atoms with Crippen molar-refractivity contribution in [3.63, 3.8) is 0 Å². The van der Waals surface area contributed by atoms with E-state index in [0.717, 1.165) is 51.4 Å². The maximum absolute atomic E-state index is 5.59. The molecule has 0 spiro atoms. The molecule has 306 valence electrons. The Labute approximate surface area is 369 Å². The Bertz CT molecular complexity index is 3460. The Morgan fingerprint density at radius 2 is 1.24 bits per heavy atom. The Morgan fingerprint density at radius 1 is 0.556 bits per heavy atom. The minimum absolute atomic E-state index is 0.0346. The molecule has 4 nitrogen and oxygen atoms in total. The van der Waals surface area contributed by atoms with Gasteiger partial charge < -0.3 is 0 Å². The SMILES string of the molecule is CC1(C)C2=CC(c3nc4cc5c(cc4n3-c3ccccc3)C(C)(C)C3C=c4c(nc(-c6ccc7c(c6)C(C)(C)c6ccccc6-7)n4-c4ccccc4)=CC53)=CCC2c2ccccc21. The number of aromatic nitrogens is 4. The molecular formula is C59H50N4. The average molecular weight is 815 g/mol. The summed E-state index contributed by atoms with van der Waals surface area (Å²) in [6.07, 6.45) is 10.9. The second-order valence-corrected chi connectivity index (χ2v) is 20.2. The van der Waals surface area contributed by atoms with Crippen molar-refractivity contribution < 1.29 is 0 Å². The van der Waals surface area contributed by atoms with Crippen LogP contribution in [0.4, 0.5) is 0 Å². The molecule has 0 bridgehead atoms. The molecule has 3 unspecified atom stereocenters. The highest BCUT2D eigenvalue weighted by Gasteiger charge is 2.47. The highest BCUT2D eigenvalue weighted by atomic mass is 15.1. The Morgan fingerprint density at radius 3 is 2.02 bits per heavy atom. The lowest BCUT2D eigenvalue weighted by molar-refractivity contribution is 0.421. The fraction of sp³-hybridized carbons (Fsp3) is 0.220. The molecule has 3 atom stereocenters. The summed E-state index contributed by atoms with van der Waals surface area (Å²) in [6, 6.07) is 51.5. The van der Waals surface area contributed by atoms with Crippen LogP contribution in [0.1, 0.15) is 99.0 Å². The quantitative estimate of drug-likeness (QED) is 0.177. The van der Waals surface area contributed by atoms with Gasteiger partial charge in [0.2, 0.25) is 0 Å². The van der Waals surface area contributed by atoms with E-state index in [0.29, 0.717) is 5.92 Å². The van der Waals surface area contributed by atoms with Gasteiger partial charge >= 0.3 is 0 Å². The van der Waals surface area contributed by atoms with Gasteiger partial charge in [0.05, 0.1) is 21.7 Å². The third-order valence-corrected chi connectivity index (χ3v) is 15.8. The van der Waals surface area contributed by atoms with Crippen molar-refractivity contribution in [1.82, 2.24) is 19.1 Å². The van der Waals surface area contributed by atoms with Crippen LogP contribution < -0.4 is 10.7 Å². The third kappa shape index (κ3) is 4.98. The lowest BCUT2D eigenvalue weighted by Gasteiger charge is -2.29. The summed E-state index contributed by atoms with van der Waals surface area (Å²) < 4.78 is 4.83. The fourth-order valence-corrected chi connectivity index (χ4v) is 12.6. The van der Waals surface area contributed by atoms with Crippen molar-refractivity contribution in [3.8, 4) is 33.9 Å². The van der Waals surface area contributed by atoms with Crippen LogP contribution in [0.5, 0.6) is 0 Å². The van der Waals surface area contributed by atoms with Crippen molar-refractivity contribution in [3.05, 3.63) is 207 Å². The van der Waals surface area contributed by atoms with Gasteiger partial charge in [-0.3, -0.25) is 9.13 Å². The maximum atomic E-state index is 5.59. The highest BCUT2D eigenvalue weighted by Crippen LogP contribution is 2.56. The number of para-hydroxylation sites is 2. The normalized spacial score (nSPS) is 21.1. The lowest BCUT2D eigenvalue weighted by Crippen LogP contribution is -2.38. The summed E-state index contributed by atoms with van der Waals surface area (Å²) in [7, 11) is 0. The molecule has 13 rings (SSSR count). The molecule has 4 heteroatoms. The van der Waals surface area contributed by atoms with Gasteiger partial charge in [0.1, 0.15) is 11.6 Å². The number of fused-ring (bicyclic) bond motifs is 11. The summed E-state index contributed by atoms with van der Waals surface area (Å²) in [4.78, 5) is 11.2. The van der Waals surface area contributed by atoms with E-state index in [2.05, 4.69) is 215 Å². The number of rotatable bonds is 4. The molecule has 0 amide bonds. The van der Waals surface area contributed by atoms with Crippen molar-refractivity contribution in [2.45, 2.75) is 76.0 Å². The zero-order valence-electron chi connectivity index (χ0n) is 36.8. The second kappa shape index (κ2) is 12.7. The summed E-state index contributed by atoms with van der Waals surface area (Å²) in [5, 5.41) is 2.22. The van der Waals surface area contributed by atoms with Gasteiger partial charge in [-0.05, 0) is 111 Å². The van der Waals surface area contributed by atoms with E-state index in [1.165, 1.54) is 61.0 Å². The van der Waals surface area contributed by atoms with Gasteiger partial charge in [0, 0.05) is 45.2 Å². The monoisotopic (exact) mass is 814 g/mol.